The zero-order valence-corrected chi connectivity index (χ0v) is 12.2. The zero-order valence-electron chi connectivity index (χ0n) is 12.2. The van der Waals surface area contributed by atoms with Gasteiger partial charge in [0.25, 0.3) is 0 Å². The van der Waals surface area contributed by atoms with Gasteiger partial charge in [-0.1, -0.05) is 12.2 Å². The fraction of sp³-hybridized carbons (Fsp3) is 0.875. The Balaban J connectivity index is 1.56. The van der Waals surface area contributed by atoms with Gasteiger partial charge in [-0.25, -0.2) is 0 Å². The number of fused-ring (bicyclic) bond motifs is 2. The van der Waals surface area contributed by atoms with Crippen molar-refractivity contribution in [3.8, 4) is 0 Å². The van der Waals surface area contributed by atoms with Crippen LogP contribution in [0.5, 0.6) is 0 Å². The second kappa shape index (κ2) is 5.94. The van der Waals surface area contributed by atoms with Crippen LogP contribution in [0.1, 0.15) is 25.7 Å². The van der Waals surface area contributed by atoms with Gasteiger partial charge in [0.2, 0.25) is 0 Å². The topological polar surface area (TPSA) is 26.7 Å². The highest BCUT2D eigenvalue weighted by Gasteiger charge is 2.37. The molecule has 3 nitrogen and oxygen atoms in total. The van der Waals surface area contributed by atoms with Crippen molar-refractivity contribution in [1.29, 1.82) is 0 Å². The quantitative estimate of drug-likeness (QED) is 0.764. The normalized spacial score (nSPS) is 35.6. The number of hydrogen-bond acceptors (Lipinski definition) is 3. The molecule has 1 saturated heterocycles. The summed E-state index contributed by atoms with van der Waals surface area (Å²) in [5, 5.41) is 9.36. The first-order valence-corrected chi connectivity index (χ1v) is 7.98. The summed E-state index contributed by atoms with van der Waals surface area (Å²) in [4.78, 5) is 5.01. The molecule has 19 heavy (non-hydrogen) atoms. The van der Waals surface area contributed by atoms with Gasteiger partial charge in [-0.15, -0.1) is 0 Å². The maximum atomic E-state index is 9.36. The Morgan fingerprint density at radius 1 is 1.21 bits per heavy atom. The maximum Gasteiger partial charge on any atom is 0.0558 e. The molecule has 1 N–H and O–H groups in total. The summed E-state index contributed by atoms with van der Waals surface area (Å²) in [6.45, 7) is 4.81. The molecule has 3 aliphatic rings. The highest BCUT2D eigenvalue weighted by atomic mass is 16.3. The number of rotatable bonds is 5. The molecule has 0 aromatic rings. The fourth-order valence-electron chi connectivity index (χ4n) is 4.32. The van der Waals surface area contributed by atoms with Crippen LogP contribution in [0, 0.1) is 17.8 Å². The van der Waals surface area contributed by atoms with Crippen molar-refractivity contribution in [1.82, 2.24) is 9.80 Å². The van der Waals surface area contributed by atoms with Gasteiger partial charge >= 0.3 is 0 Å². The summed E-state index contributed by atoms with van der Waals surface area (Å²) >= 11 is 0. The van der Waals surface area contributed by atoms with E-state index < -0.39 is 0 Å². The van der Waals surface area contributed by atoms with Crippen LogP contribution in [0.15, 0.2) is 12.2 Å². The van der Waals surface area contributed by atoms with E-state index in [4.69, 9.17) is 0 Å². The predicted octanol–water partition coefficient (Wildman–Crippen LogP) is 1.59. The molecule has 1 aliphatic heterocycles. The van der Waals surface area contributed by atoms with E-state index in [1.807, 2.05) is 0 Å². The van der Waals surface area contributed by atoms with E-state index in [9.17, 15) is 5.11 Å². The van der Waals surface area contributed by atoms with E-state index in [0.717, 1.165) is 24.3 Å². The average molecular weight is 264 g/mol. The molecular formula is C16H28N2O. The van der Waals surface area contributed by atoms with Crippen LogP contribution in [0.25, 0.3) is 0 Å². The van der Waals surface area contributed by atoms with Crippen molar-refractivity contribution in [2.24, 2.45) is 17.8 Å². The van der Waals surface area contributed by atoms with Crippen molar-refractivity contribution in [2.45, 2.75) is 31.7 Å². The molecule has 2 aliphatic carbocycles. The van der Waals surface area contributed by atoms with Crippen LogP contribution in [0.3, 0.4) is 0 Å². The molecule has 1 saturated carbocycles. The van der Waals surface area contributed by atoms with Gasteiger partial charge in [0.15, 0.2) is 0 Å². The second-order valence-electron chi connectivity index (χ2n) is 6.79. The summed E-state index contributed by atoms with van der Waals surface area (Å²) in [5.74, 6) is 2.54. The van der Waals surface area contributed by atoms with Gasteiger partial charge in [-0.3, -0.25) is 4.90 Å². The van der Waals surface area contributed by atoms with E-state index in [0.29, 0.717) is 12.6 Å². The minimum atomic E-state index is 0.309. The van der Waals surface area contributed by atoms with Crippen molar-refractivity contribution < 1.29 is 5.11 Å². The van der Waals surface area contributed by atoms with E-state index in [2.05, 4.69) is 29.0 Å². The average Bonchev–Trinajstić information content (AvgIpc) is 3.01. The van der Waals surface area contributed by atoms with Crippen LogP contribution < -0.4 is 0 Å². The molecule has 0 radical (unpaired) electrons. The largest absolute Gasteiger partial charge is 0.395 e. The first-order valence-electron chi connectivity index (χ1n) is 7.98. The number of allylic oxidation sites excluding steroid dienone is 2. The lowest BCUT2D eigenvalue weighted by molar-refractivity contribution is 0.0817. The van der Waals surface area contributed by atoms with Gasteiger partial charge in [0.05, 0.1) is 6.61 Å². The molecule has 2 bridgehead atoms. The molecule has 3 heteroatoms. The molecule has 3 atom stereocenters. The van der Waals surface area contributed by atoms with Crippen LogP contribution >= 0.6 is 0 Å². The van der Waals surface area contributed by atoms with Gasteiger partial charge < -0.3 is 10.0 Å². The molecule has 108 valence electrons. The Hall–Kier alpha value is -0.380. The van der Waals surface area contributed by atoms with Crippen LogP contribution in [0.2, 0.25) is 0 Å². The molecule has 2 fully saturated rings. The number of nitrogens with zero attached hydrogens (tertiary/aromatic N) is 2. The zero-order chi connectivity index (χ0) is 13.2. The first kappa shape index (κ1) is 13.6. The first-order chi connectivity index (χ1) is 9.26. The fourth-order valence-corrected chi connectivity index (χ4v) is 4.32. The van der Waals surface area contributed by atoms with Gasteiger partial charge in [-0.2, -0.15) is 0 Å². The highest BCUT2D eigenvalue weighted by molar-refractivity contribution is 5.10. The standard InChI is InChI=1S/C16H28N2O/c1-17-6-4-16(5-7-17)18(8-9-19)12-15-11-13-2-3-14(15)10-13/h2-3,13-16,19H,4-12H2,1H3. The Labute approximate surface area is 117 Å². The summed E-state index contributed by atoms with van der Waals surface area (Å²) in [6.07, 6.45) is 10.2. The summed E-state index contributed by atoms with van der Waals surface area (Å²) < 4.78 is 0. The lowest BCUT2D eigenvalue weighted by Gasteiger charge is -2.39. The van der Waals surface area contributed by atoms with Gasteiger partial charge in [-0.05, 0) is 63.6 Å². The minimum absolute atomic E-state index is 0.309. The molecule has 0 amide bonds. The van der Waals surface area contributed by atoms with Crippen molar-refractivity contribution in [3.05, 3.63) is 12.2 Å². The number of aliphatic hydroxyl groups excluding tert-OH is 1. The molecule has 0 aromatic carbocycles. The molecule has 1 heterocycles. The van der Waals surface area contributed by atoms with E-state index >= 15 is 0 Å². The third-order valence-electron chi connectivity index (χ3n) is 5.48. The summed E-state index contributed by atoms with van der Waals surface area (Å²) in [7, 11) is 2.22. The van der Waals surface area contributed by atoms with Crippen molar-refractivity contribution in [3.63, 3.8) is 0 Å². The minimum Gasteiger partial charge on any atom is -0.395 e. The van der Waals surface area contributed by atoms with E-state index in [1.54, 1.807) is 0 Å². The highest BCUT2D eigenvalue weighted by Crippen LogP contribution is 2.43. The third-order valence-corrected chi connectivity index (χ3v) is 5.48. The number of hydrogen-bond donors (Lipinski definition) is 1. The van der Waals surface area contributed by atoms with Crippen LogP contribution in [-0.4, -0.2) is 60.8 Å². The molecule has 0 aromatic heterocycles. The van der Waals surface area contributed by atoms with Gasteiger partial charge in [0, 0.05) is 19.1 Å². The third kappa shape index (κ3) is 3.04. The van der Waals surface area contributed by atoms with Crippen molar-refractivity contribution >= 4 is 0 Å². The lowest BCUT2D eigenvalue weighted by atomic mass is 9.91. The SMILES string of the molecule is CN1CCC(N(CCO)CC2CC3C=CC2C3)CC1. The Morgan fingerprint density at radius 3 is 2.58 bits per heavy atom. The van der Waals surface area contributed by atoms with Crippen LogP contribution in [-0.2, 0) is 0 Å². The number of likely N-dealkylation sites (tertiary alicyclic amines) is 1. The maximum absolute atomic E-state index is 9.36. The molecule has 3 rings (SSSR count). The smallest absolute Gasteiger partial charge is 0.0558 e. The van der Waals surface area contributed by atoms with E-state index in [-0.39, 0.29) is 0 Å². The number of aliphatic hydroxyl groups is 1. The Morgan fingerprint density at radius 2 is 2.00 bits per heavy atom. The Bertz CT molecular complexity index is 323. The lowest BCUT2D eigenvalue weighted by Crippen LogP contribution is -2.47. The predicted molar refractivity (Wildman–Crippen MR) is 78.0 cm³/mol. The van der Waals surface area contributed by atoms with Gasteiger partial charge in [0.1, 0.15) is 0 Å². The Kier molecular flexibility index (Phi) is 4.25. The van der Waals surface area contributed by atoms with Crippen molar-refractivity contribution in [2.75, 3.05) is 39.8 Å². The number of piperidine rings is 1. The molecule has 3 unspecified atom stereocenters. The monoisotopic (exact) mass is 264 g/mol. The summed E-state index contributed by atoms with van der Waals surface area (Å²) in [6, 6.07) is 0.700. The summed E-state index contributed by atoms with van der Waals surface area (Å²) in [5.41, 5.74) is 0. The van der Waals surface area contributed by atoms with Crippen LogP contribution in [0.4, 0.5) is 0 Å². The second-order valence-corrected chi connectivity index (χ2v) is 6.79. The molecule has 0 spiro atoms. The van der Waals surface area contributed by atoms with E-state index in [1.165, 1.54) is 45.3 Å². The molecular weight excluding hydrogens is 236 g/mol.